The molecule has 1 aliphatic carbocycles. The lowest BCUT2D eigenvalue weighted by atomic mass is 9.86. The largest absolute Gasteiger partial charge is 0.384 e. The molecule has 1 fully saturated rings. The van der Waals surface area contributed by atoms with Crippen LogP contribution in [0.5, 0.6) is 0 Å². The maximum Gasteiger partial charge on any atom is 0.124 e. The van der Waals surface area contributed by atoms with Crippen LogP contribution in [0, 0.1) is 0 Å². The Balaban J connectivity index is 2.23. The molecule has 4 heteroatoms. The van der Waals surface area contributed by atoms with E-state index in [-0.39, 0.29) is 0 Å². The third-order valence-corrected chi connectivity index (χ3v) is 4.32. The predicted molar refractivity (Wildman–Crippen MR) is 74.9 cm³/mol. The van der Waals surface area contributed by atoms with Gasteiger partial charge in [-0.05, 0) is 25.3 Å². The number of rotatable bonds is 5. The molecule has 1 atom stereocenters. The highest BCUT2D eigenvalue weighted by Crippen LogP contribution is 2.40. The lowest BCUT2D eigenvalue weighted by Gasteiger charge is -2.36. The summed E-state index contributed by atoms with van der Waals surface area (Å²) in [5.74, 6) is 0. The van der Waals surface area contributed by atoms with Gasteiger partial charge in [-0.3, -0.25) is 4.68 Å². The summed E-state index contributed by atoms with van der Waals surface area (Å²) < 4.78 is 7.70. The van der Waals surface area contributed by atoms with Gasteiger partial charge in [0.1, 0.15) is 6.10 Å². The summed E-state index contributed by atoms with van der Waals surface area (Å²) in [4.78, 5) is 0. The molecule has 1 saturated carbocycles. The molecule has 1 unspecified atom stereocenters. The molecule has 108 valence electrons. The molecular formula is C15H26N2O2. The van der Waals surface area contributed by atoms with E-state index in [4.69, 9.17) is 4.74 Å². The fourth-order valence-corrected chi connectivity index (χ4v) is 3.16. The van der Waals surface area contributed by atoms with Gasteiger partial charge in [-0.15, -0.1) is 0 Å². The van der Waals surface area contributed by atoms with Gasteiger partial charge in [-0.1, -0.05) is 32.6 Å². The second-order valence-electron chi connectivity index (χ2n) is 5.56. The molecule has 1 aliphatic rings. The molecule has 0 spiro atoms. The zero-order valence-electron chi connectivity index (χ0n) is 12.1. The normalized spacial score (nSPS) is 21.0. The van der Waals surface area contributed by atoms with Crippen molar-refractivity contribution in [2.24, 2.45) is 0 Å². The maximum atomic E-state index is 10.8. The van der Waals surface area contributed by atoms with Crippen molar-refractivity contribution in [3.05, 3.63) is 18.0 Å². The average molecular weight is 266 g/mol. The Morgan fingerprint density at radius 3 is 2.63 bits per heavy atom. The SMILES string of the molecule is CCCn1nccc1C(O)C1(OC)CCCCCC1. The predicted octanol–water partition coefficient (Wildman–Crippen LogP) is 3.07. The minimum atomic E-state index is -0.579. The van der Waals surface area contributed by atoms with Crippen molar-refractivity contribution in [1.82, 2.24) is 9.78 Å². The fraction of sp³-hybridized carbons (Fsp3) is 0.800. The van der Waals surface area contributed by atoms with Crippen molar-refractivity contribution < 1.29 is 9.84 Å². The first-order valence-corrected chi connectivity index (χ1v) is 7.48. The number of methoxy groups -OCH3 is 1. The Morgan fingerprint density at radius 1 is 1.37 bits per heavy atom. The van der Waals surface area contributed by atoms with Crippen LogP contribution >= 0.6 is 0 Å². The van der Waals surface area contributed by atoms with Crippen LogP contribution in [0.1, 0.15) is 63.7 Å². The molecule has 0 saturated heterocycles. The number of aliphatic hydroxyl groups excluding tert-OH is 1. The number of ether oxygens (including phenoxy) is 1. The van der Waals surface area contributed by atoms with Gasteiger partial charge in [0.05, 0.1) is 11.3 Å². The summed E-state index contributed by atoms with van der Waals surface area (Å²) in [6, 6.07) is 1.92. The van der Waals surface area contributed by atoms with Gasteiger partial charge in [0.2, 0.25) is 0 Å². The standard InChI is InChI=1S/C15H26N2O2/c1-3-12-17-13(8-11-16-17)14(18)15(19-2)9-6-4-5-7-10-15/h8,11,14,18H,3-7,9-10,12H2,1-2H3. The van der Waals surface area contributed by atoms with Crippen molar-refractivity contribution in [2.45, 2.75) is 70.1 Å². The Morgan fingerprint density at radius 2 is 2.05 bits per heavy atom. The number of hydrogen-bond donors (Lipinski definition) is 1. The first-order valence-electron chi connectivity index (χ1n) is 7.48. The quantitative estimate of drug-likeness (QED) is 0.833. The number of nitrogens with zero attached hydrogens (tertiary/aromatic N) is 2. The van der Waals surface area contributed by atoms with Gasteiger partial charge in [-0.25, -0.2) is 0 Å². The van der Waals surface area contributed by atoms with E-state index in [1.165, 1.54) is 12.8 Å². The maximum absolute atomic E-state index is 10.8. The number of aryl methyl sites for hydroxylation is 1. The molecule has 19 heavy (non-hydrogen) atoms. The number of hydrogen-bond acceptors (Lipinski definition) is 3. The monoisotopic (exact) mass is 266 g/mol. The van der Waals surface area contributed by atoms with Crippen LogP contribution < -0.4 is 0 Å². The Kier molecular flexibility index (Phi) is 4.99. The van der Waals surface area contributed by atoms with E-state index < -0.39 is 11.7 Å². The molecular weight excluding hydrogens is 240 g/mol. The minimum absolute atomic E-state index is 0.429. The summed E-state index contributed by atoms with van der Waals surface area (Å²) in [7, 11) is 1.73. The molecule has 1 N–H and O–H groups in total. The topological polar surface area (TPSA) is 47.3 Å². The molecule has 1 aromatic heterocycles. The van der Waals surface area contributed by atoms with E-state index in [1.807, 2.05) is 10.7 Å². The third kappa shape index (κ3) is 3.00. The molecule has 0 aliphatic heterocycles. The summed E-state index contributed by atoms with van der Waals surface area (Å²) in [6.45, 7) is 2.97. The third-order valence-electron chi connectivity index (χ3n) is 4.32. The first kappa shape index (κ1) is 14.5. The van der Waals surface area contributed by atoms with Crippen molar-refractivity contribution in [3.8, 4) is 0 Å². The van der Waals surface area contributed by atoms with Crippen LogP contribution in [0.4, 0.5) is 0 Å². The van der Waals surface area contributed by atoms with Crippen LogP contribution in [-0.4, -0.2) is 27.6 Å². The molecule has 2 rings (SSSR count). The summed E-state index contributed by atoms with van der Waals surface area (Å²) in [5.41, 5.74) is 0.466. The van der Waals surface area contributed by atoms with Crippen LogP contribution in [0.3, 0.4) is 0 Å². The summed E-state index contributed by atoms with van der Waals surface area (Å²) >= 11 is 0. The zero-order valence-corrected chi connectivity index (χ0v) is 12.1. The van der Waals surface area contributed by atoms with Crippen molar-refractivity contribution >= 4 is 0 Å². The molecule has 1 heterocycles. The van der Waals surface area contributed by atoms with Gasteiger partial charge in [0, 0.05) is 19.9 Å². The van der Waals surface area contributed by atoms with E-state index in [0.29, 0.717) is 0 Å². The Hall–Kier alpha value is -0.870. The molecule has 4 nitrogen and oxygen atoms in total. The second-order valence-corrected chi connectivity index (χ2v) is 5.56. The molecule has 0 amide bonds. The zero-order chi connectivity index (χ0) is 13.7. The lowest BCUT2D eigenvalue weighted by Crippen LogP contribution is -2.39. The van der Waals surface area contributed by atoms with Gasteiger partial charge in [0.15, 0.2) is 0 Å². The van der Waals surface area contributed by atoms with Crippen LogP contribution in [-0.2, 0) is 11.3 Å². The fourth-order valence-electron chi connectivity index (χ4n) is 3.16. The minimum Gasteiger partial charge on any atom is -0.384 e. The summed E-state index contributed by atoms with van der Waals surface area (Å²) in [5, 5.41) is 15.1. The van der Waals surface area contributed by atoms with E-state index in [9.17, 15) is 5.11 Å². The van der Waals surface area contributed by atoms with E-state index >= 15 is 0 Å². The number of aliphatic hydroxyl groups is 1. The van der Waals surface area contributed by atoms with Crippen molar-refractivity contribution in [3.63, 3.8) is 0 Å². The van der Waals surface area contributed by atoms with Crippen LogP contribution in [0.2, 0.25) is 0 Å². The molecule has 1 aromatic rings. The Bertz CT molecular complexity index is 381. The smallest absolute Gasteiger partial charge is 0.124 e. The van der Waals surface area contributed by atoms with Crippen molar-refractivity contribution in [2.75, 3.05) is 7.11 Å². The van der Waals surface area contributed by atoms with Crippen LogP contribution in [0.25, 0.3) is 0 Å². The average Bonchev–Trinajstić information content (AvgIpc) is 2.74. The summed E-state index contributed by atoms with van der Waals surface area (Å²) in [6.07, 6.45) is 8.82. The first-order chi connectivity index (χ1) is 9.23. The lowest BCUT2D eigenvalue weighted by molar-refractivity contribution is -0.117. The van der Waals surface area contributed by atoms with Gasteiger partial charge >= 0.3 is 0 Å². The van der Waals surface area contributed by atoms with Crippen molar-refractivity contribution in [1.29, 1.82) is 0 Å². The van der Waals surface area contributed by atoms with E-state index in [1.54, 1.807) is 13.3 Å². The van der Waals surface area contributed by atoms with E-state index in [2.05, 4.69) is 12.0 Å². The Labute approximate surface area is 115 Å². The van der Waals surface area contributed by atoms with E-state index in [0.717, 1.165) is 44.3 Å². The molecule has 0 bridgehead atoms. The molecule has 0 radical (unpaired) electrons. The van der Waals surface area contributed by atoms with Gasteiger partial charge in [0.25, 0.3) is 0 Å². The van der Waals surface area contributed by atoms with Gasteiger partial charge < -0.3 is 9.84 Å². The highest BCUT2D eigenvalue weighted by atomic mass is 16.5. The van der Waals surface area contributed by atoms with Crippen LogP contribution in [0.15, 0.2) is 12.3 Å². The second kappa shape index (κ2) is 6.53. The highest BCUT2D eigenvalue weighted by Gasteiger charge is 2.40. The number of aromatic nitrogens is 2. The molecule has 0 aromatic carbocycles. The van der Waals surface area contributed by atoms with Gasteiger partial charge in [-0.2, -0.15) is 5.10 Å². The highest BCUT2D eigenvalue weighted by molar-refractivity contribution is 5.11.